The number of fused-ring (bicyclic) bond motifs is 2. The van der Waals surface area contributed by atoms with E-state index in [1.807, 2.05) is 6.07 Å². The van der Waals surface area contributed by atoms with Crippen LogP contribution in [0.3, 0.4) is 0 Å². The normalized spacial score (nSPS) is 17.6. The van der Waals surface area contributed by atoms with Gasteiger partial charge in [0.1, 0.15) is 5.82 Å². The lowest BCUT2D eigenvalue weighted by Gasteiger charge is -2.24. The molecule has 20 heavy (non-hydrogen) atoms. The number of aromatic amines is 1. The molecular formula is C14H14N6. The number of hydrogen-bond donors (Lipinski definition) is 2. The molecule has 2 aromatic heterocycles. The minimum absolute atomic E-state index is 0.258. The average molecular weight is 266 g/mol. The van der Waals surface area contributed by atoms with E-state index in [1.165, 1.54) is 11.3 Å². The number of H-pyrrole nitrogens is 1. The van der Waals surface area contributed by atoms with E-state index in [2.05, 4.69) is 50.2 Å². The van der Waals surface area contributed by atoms with Gasteiger partial charge < -0.3 is 10.6 Å². The molecule has 1 aliphatic heterocycles. The van der Waals surface area contributed by atoms with Gasteiger partial charge in [0.15, 0.2) is 5.65 Å². The highest BCUT2D eigenvalue weighted by Crippen LogP contribution is 2.39. The molecule has 0 saturated carbocycles. The molecule has 1 aliphatic rings. The SMILES string of the molecule is CC1Cc2ccccc2N1c1nc(N)nc2[nH]ncc12. The number of hydrogen-bond acceptors (Lipinski definition) is 5. The van der Waals surface area contributed by atoms with E-state index in [4.69, 9.17) is 5.73 Å². The van der Waals surface area contributed by atoms with Gasteiger partial charge in [0.05, 0.1) is 11.6 Å². The Balaban J connectivity index is 1.97. The van der Waals surface area contributed by atoms with Crippen LogP contribution < -0.4 is 10.6 Å². The molecule has 6 nitrogen and oxygen atoms in total. The first-order valence-electron chi connectivity index (χ1n) is 6.58. The second-order valence-electron chi connectivity index (χ2n) is 5.09. The zero-order chi connectivity index (χ0) is 13.7. The summed E-state index contributed by atoms with van der Waals surface area (Å²) in [5.74, 6) is 1.08. The maximum Gasteiger partial charge on any atom is 0.224 e. The smallest absolute Gasteiger partial charge is 0.224 e. The number of nitrogens with one attached hydrogen (secondary N) is 1. The molecule has 0 aliphatic carbocycles. The molecular weight excluding hydrogens is 252 g/mol. The summed E-state index contributed by atoms with van der Waals surface area (Å²) in [7, 11) is 0. The molecule has 3 aromatic rings. The molecule has 0 radical (unpaired) electrons. The number of rotatable bonds is 1. The van der Waals surface area contributed by atoms with Crippen molar-refractivity contribution in [1.82, 2.24) is 20.2 Å². The van der Waals surface area contributed by atoms with Crippen molar-refractivity contribution < 1.29 is 0 Å². The van der Waals surface area contributed by atoms with E-state index in [0.717, 1.165) is 17.6 Å². The Morgan fingerprint density at radius 2 is 2.15 bits per heavy atom. The van der Waals surface area contributed by atoms with Crippen LogP contribution in [-0.2, 0) is 6.42 Å². The number of benzene rings is 1. The fourth-order valence-corrected chi connectivity index (χ4v) is 2.91. The molecule has 3 N–H and O–H groups in total. The maximum absolute atomic E-state index is 5.82. The fourth-order valence-electron chi connectivity index (χ4n) is 2.91. The third-order valence-corrected chi connectivity index (χ3v) is 3.74. The molecule has 1 aromatic carbocycles. The molecule has 6 heteroatoms. The lowest BCUT2D eigenvalue weighted by atomic mass is 10.1. The molecule has 0 amide bonds. The number of nitrogens with two attached hydrogens (primary N) is 1. The summed E-state index contributed by atoms with van der Waals surface area (Å²) in [6.45, 7) is 2.18. The van der Waals surface area contributed by atoms with E-state index >= 15 is 0 Å². The molecule has 0 fully saturated rings. The third-order valence-electron chi connectivity index (χ3n) is 3.74. The molecule has 100 valence electrons. The molecule has 1 atom stereocenters. The van der Waals surface area contributed by atoms with Gasteiger partial charge in [-0.3, -0.25) is 5.10 Å². The van der Waals surface area contributed by atoms with Crippen LogP contribution in [0.15, 0.2) is 30.5 Å². The van der Waals surface area contributed by atoms with Crippen LogP contribution in [0, 0.1) is 0 Å². The lowest BCUT2D eigenvalue weighted by Crippen LogP contribution is -2.25. The maximum atomic E-state index is 5.82. The van der Waals surface area contributed by atoms with E-state index in [-0.39, 0.29) is 5.95 Å². The highest BCUT2D eigenvalue weighted by Gasteiger charge is 2.29. The van der Waals surface area contributed by atoms with Gasteiger partial charge in [-0.15, -0.1) is 0 Å². The van der Waals surface area contributed by atoms with Crippen molar-refractivity contribution in [1.29, 1.82) is 0 Å². The van der Waals surface area contributed by atoms with Gasteiger partial charge in [0, 0.05) is 11.7 Å². The van der Waals surface area contributed by atoms with Crippen molar-refractivity contribution in [2.24, 2.45) is 0 Å². The van der Waals surface area contributed by atoms with Gasteiger partial charge in [0.2, 0.25) is 5.95 Å². The summed E-state index contributed by atoms with van der Waals surface area (Å²) in [5, 5.41) is 7.79. The van der Waals surface area contributed by atoms with Gasteiger partial charge in [-0.1, -0.05) is 18.2 Å². The first-order chi connectivity index (χ1) is 9.74. The van der Waals surface area contributed by atoms with Crippen LogP contribution in [0.2, 0.25) is 0 Å². The Morgan fingerprint density at radius 1 is 1.30 bits per heavy atom. The van der Waals surface area contributed by atoms with Crippen molar-refractivity contribution in [2.45, 2.75) is 19.4 Å². The number of para-hydroxylation sites is 1. The Bertz CT molecular complexity index is 793. The van der Waals surface area contributed by atoms with Crippen LogP contribution in [0.4, 0.5) is 17.5 Å². The van der Waals surface area contributed by atoms with Crippen molar-refractivity contribution in [3.8, 4) is 0 Å². The molecule has 1 unspecified atom stereocenters. The lowest BCUT2D eigenvalue weighted by molar-refractivity contribution is 0.753. The van der Waals surface area contributed by atoms with Gasteiger partial charge in [-0.05, 0) is 25.0 Å². The van der Waals surface area contributed by atoms with Crippen LogP contribution in [0.25, 0.3) is 11.0 Å². The van der Waals surface area contributed by atoms with Gasteiger partial charge >= 0.3 is 0 Å². The highest BCUT2D eigenvalue weighted by molar-refractivity contribution is 5.91. The Morgan fingerprint density at radius 3 is 3.05 bits per heavy atom. The summed E-state index contributed by atoms with van der Waals surface area (Å²) >= 11 is 0. The van der Waals surface area contributed by atoms with Crippen LogP contribution in [-0.4, -0.2) is 26.2 Å². The Hall–Kier alpha value is -2.63. The summed E-state index contributed by atoms with van der Waals surface area (Å²) < 4.78 is 0. The van der Waals surface area contributed by atoms with Crippen molar-refractivity contribution >= 4 is 28.5 Å². The van der Waals surface area contributed by atoms with Crippen molar-refractivity contribution in [3.63, 3.8) is 0 Å². The van der Waals surface area contributed by atoms with Crippen LogP contribution in [0.1, 0.15) is 12.5 Å². The van der Waals surface area contributed by atoms with Crippen molar-refractivity contribution in [2.75, 3.05) is 10.6 Å². The van der Waals surface area contributed by atoms with Gasteiger partial charge in [-0.2, -0.15) is 15.1 Å². The zero-order valence-electron chi connectivity index (χ0n) is 11.0. The third kappa shape index (κ3) is 1.48. The summed E-state index contributed by atoms with van der Waals surface area (Å²) in [4.78, 5) is 10.8. The number of anilines is 3. The van der Waals surface area contributed by atoms with Gasteiger partial charge in [0.25, 0.3) is 0 Å². The molecule has 4 rings (SSSR count). The minimum Gasteiger partial charge on any atom is -0.368 e. The highest BCUT2D eigenvalue weighted by atomic mass is 15.3. The monoisotopic (exact) mass is 266 g/mol. The topological polar surface area (TPSA) is 83.7 Å². The molecule has 0 spiro atoms. The first-order valence-corrected chi connectivity index (χ1v) is 6.58. The number of nitrogens with zero attached hydrogens (tertiary/aromatic N) is 4. The first kappa shape index (κ1) is 11.2. The fraction of sp³-hybridized carbons (Fsp3) is 0.214. The summed E-state index contributed by atoms with van der Waals surface area (Å²) in [6, 6.07) is 8.71. The number of nitrogen functional groups attached to an aromatic ring is 1. The van der Waals surface area contributed by atoms with Gasteiger partial charge in [-0.25, -0.2) is 0 Å². The van der Waals surface area contributed by atoms with Crippen molar-refractivity contribution in [3.05, 3.63) is 36.0 Å². The standard InChI is InChI=1S/C14H14N6/c1-8-6-9-4-2-3-5-11(9)20(8)13-10-7-16-19-12(10)17-14(15)18-13/h2-5,7-8H,6H2,1H3,(H3,15,16,17,18,19). The predicted octanol–water partition coefficient (Wildman–Crippen LogP) is 2.02. The Kier molecular flexibility index (Phi) is 2.20. The Labute approximate surface area is 115 Å². The quantitative estimate of drug-likeness (QED) is 0.704. The second-order valence-corrected chi connectivity index (χ2v) is 5.09. The average Bonchev–Trinajstić information content (AvgIpc) is 3.00. The minimum atomic E-state index is 0.258. The number of aromatic nitrogens is 4. The van der Waals surface area contributed by atoms with Crippen LogP contribution >= 0.6 is 0 Å². The van der Waals surface area contributed by atoms with Crippen LogP contribution in [0.5, 0.6) is 0 Å². The van der Waals surface area contributed by atoms with E-state index in [0.29, 0.717) is 11.7 Å². The molecule has 3 heterocycles. The van der Waals surface area contributed by atoms with E-state index in [9.17, 15) is 0 Å². The summed E-state index contributed by atoms with van der Waals surface area (Å²) in [5.41, 5.74) is 9.00. The molecule has 0 bridgehead atoms. The second kappa shape index (κ2) is 3.93. The zero-order valence-corrected chi connectivity index (χ0v) is 11.0. The molecule has 0 saturated heterocycles. The predicted molar refractivity (Wildman–Crippen MR) is 77.8 cm³/mol. The van der Waals surface area contributed by atoms with E-state index < -0.39 is 0 Å². The summed E-state index contributed by atoms with van der Waals surface area (Å²) in [6.07, 6.45) is 2.75. The largest absolute Gasteiger partial charge is 0.368 e. The van der Waals surface area contributed by atoms with E-state index in [1.54, 1.807) is 6.20 Å².